The van der Waals surface area contributed by atoms with Crippen LogP contribution in [0.5, 0.6) is 0 Å². The van der Waals surface area contributed by atoms with Crippen LogP contribution < -0.4 is 5.32 Å². The number of hydrogen-bond donors (Lipinski definition) is 4. The molecule has 0 aromatic carbocycles. The van der Waals surface area contributed by atoms with Crippen molar-refractivity contribution in [3.63, 3.8) is 0 Å². The smallest absolute Gasteiger partial charge is 0.326 e. The number of carboxylic acid groups (broad SMARTS) is 1. The van der Waals surface area contributed by atoms with Crippen LogP contribution >= 0.6 is 0 Å². The summed E-state index contributed by atoms with van der Waals surface area (Å²) in [5, 5.41) is 29.2. The first-order chi connectivity index (χ1) is 7.67. The van der Waals surface area contributed by atoms with Gasteiger partial charge < -0.3 is 25.5 Å². The third-order valence-electron chi connectivity index (χ3n) is 1.98. The van der Waals surface area contributed by atoms with Crippen molar-refractivity contribution in [2.24, 2.45) is 0 Å². The van der Waals surface area contributed by atoms with E-state index >= 15 is 0 Å². The maximum atomic E-state index is 11.6. The van der Waals surface area contributed by atoms with E-state index in [4.69, 9.17) is 10.2 Å². The summed E-state index contributed by atoms with van der Waals surface area (Å²) in [7, 11) is 1.45. The summed E-state index contributed by atoms with van der Waals surface area (Å²) in [6.45, 7) is 2.83. The molecular weight excluding hydrogens is 228 g/mol. The minimum atomic E-state index is -1.20. The first-order valence-electron chi connectivity index (χ1n) is 5.25. The van der Waals surface area contributed by atoms with Gasteiger partial charge in [-0.05, 0) is 13.8 Å². The minimum absolute atomic E-state index is 0.0581. The topological polar surface area (TPSA) is 110 Å². The number of nitrogens with zero attached hydrogens (tertiary/aromatic N) is 1. The Bertz CT molecular complexity index is 274. The second kappa shape index (κ2) is 6.41. The largest absolute Gasteiger partial charge is 0.480 e. The molecule has 0 spiro atoms. The van der Waals surface area contributed by atoms with E-state index in [-0.39, 0.29) is 19.6 Å². The standard InChI is InChI=1S/C10H20N2O5/c1-10(2,17)6-12(3)9(16)11-7(4-5-13)8(14)15/h7,13,17H,4-6H2,1-3H3,(H,11,16)(H,14,15). The van der Waals surface area contributed by atoms with Gasteiger partial charge in [0, 0.05) is 20.1 Å². The number of rotatable bonds is 6. The Balaban J connectivity index is 4.35. The second-order valence-electron chi connectivity index (χ2n) is 4.52. The molecule has 7 heteroatoms. The van der Waals surface area contributed by atoms with Crippen LogP contribution in [0.1, 0.15) is 20.3 Å². The first-order valence-corrected chi connectivity index (χ1v) is 5.25. The van der Waals surface area contributed by atoms with Crippen LogP contribution in [0.4, 0.5) is 4.79 Å². The summed E-state index contributed by atoms with van der Waals surface area (Å²) in [6.07, 6.45) is -0.0581. The van der Waals surface area contributed by atoms with E-state index < -0.39 is 23.6 Å². The van der Waals surface area contributed by atoms with Crippen molar-refractivity contribution in [2.75, 3.05) is 20.2 Å². The number of urea groups is 1. The van der Waals surface area contributed by atoms with Gasteiger partial charge in [-0.15, -0.1) is 0 Å². The summed E-state index contributed by atoms with van der Waals surface area (Å²) in [5.74, 6) is -1.20. The van der Waals surface area contributed by atoms with Crippen molar-refractivity contribution in [2.45, 2.75) is 31.9 Å². The van der Waals surface area contributed by atoms with Gasteiger partial charge >= 0.3 is 12.0 Å². The minimum Gasteiger partial charge on any atom is -0.480 e. The molecule has 0 saturated heterocycles. The van der Waals surface area contributed by atoms with Crippen LogP contribution in [-0.4, -0.2) is 64.1 Å². The Kier molecular flexibility index (Phi) is 5.90. The Morgan fingerprint density at radius 3 is 2.29 bits per heavy atom. The van der Waals surface area contributed by atoms with Crippen molar-refractivity contribution in [1.82, 2.24) is 10.2 Å². The lowest BCUT2D eigenvalue weighted by atomic mass is 10.1. The quantitative estimate of drug-likeness (QED) is 0.493. The molecule has 0 aliphatic heterocycles. The monoisotopic (exact) mass is 248 g/mol. The van der Waals surface area contributed by atoms with Gasteiger partial charge in [0.1, 0.15) is 6.04 Å². The van der Waals surface area contributed by atoms with Gasteiger partial charge in [0.05, 0.1) is 12.1 Å². The summed E-state index contributed by atoms with van der Waals surface area (Å²) >= 11 is 0. The first kappa shape index (κ1) is 15.7. The molecule has 0 radical (unpaired) electrons. The molecule has 0 aromatic heterocycles. The van der Waals surface area contributed by atoms with E-state index in [1.54, 1.807) is 13.8 Å². The number of aliphatic hydroxyl groups excluding tert-OH is 1. The molecule has 100 valence electrons. The molecule has 2 amide bonds. The fourth-order valence-electron chi connectivity index (χ4n) is 1.30. The van der Waals surface area contributed by atoms with Gasteiger partial charge in [0.2, 0.25) is 0 Å². The highest BCUT2D eigenvalue weighted by atomic mass is 16.4. The zero-order valence-corrected chi connectivity index (χ0v) is 10.3. The number of carbonyl (C=O) groups excluding carboxylic acids is 1. The van der Waals surface area contributed by atoms with E-state index in [9.17, 15) is 14.7 Å². The van der Waals surface area contributed by atoms with Gasteiger partial charge in [-0.2, -0.15) is 0 Å². The van der Waals surface area contributed by atoms with Crippen LogP contribution in [0.25, 0.3) is 0 Å². The molecule has 4 N–H and O–H groups in total. The third-order valence-corrected chi connectivity index (χ3v) is 1.98. The number of carboxylic acids is 1. The number of likely N-dealkylation sites (N-methyl/N-ethyl adjacent to an activating group) is 1. The molecule has 0 aliphatic carbocycles. The molecule has 0 aliphatic rings. The van der Waals surface area contributed by atoms with Crippen molar-refractivity contribution >= 4 is 12.0 Å². The predicted octanol–water partition coefficient (Wildman–Crippen LogP) is -0.766. The number of nitrogens with one attached hydrogen (secondary N) is 1. The number of amides is 2. The van der Waals surface area contributed by atoms with Crippen LogP contribution in [-0.2, 0) is 4.79 Å². The maximum Gasteiger partial charge on any atom is 0.326 e. The molecule has 0 rings (SSSR count). The molecule has 7 nitrogen and oxygen atoms in total. The second-order valence-corrected chi connectivity index (χ2v) is 4.52. The average Bonchev–Trinajstić information content (AvgIpc) is 2.13. The van der Waals surface area contributed by atoms with Gasteiger partial charge in [-0.25, -0.2) is 9.59 Å². The van der Waals surface area contributed by atoms with Gasteiger partial charge in [0.15, 0.2) is 0 Å². The van der Waals surface area contributed by atoms with Gasteiger partial charge in [-0.3, -0.25) is 0 Å². The number of hydrogen-bond acceptors (Lipinski definition) is 4. The zero-order chi connectivity index (χ0) is 13.6. The Morgan fingerprint density at radius 2 is 1.94 bits per heavy atom. The average molecular weight is 248 g/mol. The fraction of sp³-hybridized carbons (Fsp3) is 0.800. The fourth-order valence-corrected chi connectivity index (χ4v) is 1.30. The molecule has 1 atom stereocenters. The molecule has 0 aromatic rings. The van der Waals surface area contributed by atoms with Crippen LogP contribution in [0.15, 0.2) is 0 Å². The number of aliphatic hydroxyl groups is 2. The molecule has 0 saturated carbocycles. The number of carbonyl (C=O) groups is 2. The number of aliphatic carboxylic acids is 1. The van der Waals surface area contributed by atoms with E-state index in [1.807, 2.05) is 0 Å². The maximum absolute atomic E-state index is 11.6. The lowest BCUT2D eigenvalue weighted by molar-refractivity contribution is -0.139. The highest BCUT2D eigenvalue weighted by Crippen LogP contribution is 2.03. The Morgan fingerprint density at radius 1 is 1.41 bits per heavy atom. The summed E-state index contributed by atoms with van der Waals surface area (Å²) in [5.41, 5.74) is -1.05. The highest BCUT2D eigenvalue weighted by Gasteiger charge is 2.24. The van der Waals surface area contributed by atoms with Crippen molar-refractivity contribution < 1.29 is 24.9 Å². The summed E-state index contributed by atoms with van der Waals surface area (Å²) in [4.78, 5) is 23.5. The summed E-state index contributed by atoms with van der Waals surface area (Å²) in [6, 6.07) is -1.73. The summed E-state index contributed by atoms with van der Waals surface area (Å²) < 4.78 is 0. The van der Waals surface area contributed by atoms with Crippen molar-refractivity contribution in [1.29, 1.82) is 0 Å². The van der Waals surface area contributed by atoms with Crippen LogP contribution in [0.3, 0.4) is 0 Å². The van der Waals surface area contributed by atoms with Crippen LogP contribution in [0.2, 0.25) is 0 Å². The van der Waals surface area contributed by atoms with Crippen molar-refractivity contribution in [3.05, 3.63) is 0 Å². The molecule has 17 heavy (non-hydrogen) atoms. The van der Waals surface area contributed by atoms with E-state index in [2.05, 4.69) is 5.32 Å². The normalized spacial score (nSPS) is 13.0. The van der Waals surface area contributed by atoms with Crippen LogP contribution in [0, 0.1) is 0 Å². The zero-order valence-electron chi connectivity index (χ0n) is 10.3. The Hall–Kier alpha value is -1.34. The van der Waals surface area contributed by atoms with E-state index in [0.717, 1.165) is 0 Å². The third kappa shape index (κ3) is 6.75. The van der Waals surface area contributed by atoms with Gasteiger partial charge in [-0.1, -0.05) is 0 Å². The molecular formula is C10H20N2O5. The molecule has 0 fully saturated rings. The van der Waals surface area contributed by atoms with Gasteiger partial charge in [0.25, 0.3) is 0 Å². The van der Waals surface area contributed by atoms with E-state index in [0.29, 0.717) is 0 Å². The van der Waals surface area contributed by atoms with Crippen molar-refractivity contribution in [3.8, 4) is 0 Å². The molecule has 0 bridgehead atoms. The van der Waals surface area contributed by atoms with E-state index in [1.165, 1.54) is 11.9 Å². The Labute approximate surface area is 100 Å². The molecule has 1 unspecified atom stereocenters. The highest BCUT2D eigenvalue weighted by molar-refractivity contribution is 5.82. The molecule has 0 heterocycles. The SMILES string of the molecule is CN(CC(C)(C)O)C(=O)NC(CCO)C(=O)O. The lowest BCUT2D eigenvalue weighted by Crippen LogP contribution is -2.50. The predicted molar refractivity (Wildman–Crippen MR) is 60.6 cm³/mol. The lowest BCUT2D eigenvalue weighted by Gasteiger charge is -2.27.